The molecular weight excluding hydrogens is 807 g/mol. The Balaban J connectivity index is 1.24. The number of carbonyl (C=O) groups is 5. The number of imidazole rings is 2. The van der Waals surface area contributed by atoms with Gasteiger partial charge in [-0.05, 0) is 66.9 Å². The molecule has 2 unspecified atom stereocenters. The first-order valence-electron chi connectivity index (χ1n) is 21.9. The van der Waals surface area contributed by atoms with E-state index in [1.54, 1.807) is 9.80 Å². The van der Waals surface area contributed by atoms with E-state index in [1.165, 1.54) is 21.3 Å². The Labute approximate surface area is 368 Å². The maximum absolute atomic E-state index is 14.6. The molecule has 0 saturated carbocycles. The second-order valence-electron chi connectivity index (χ2n) is 17.9. The zero-order valence-corrected chi connectivity index (χ0v) is 37.3. The van der Waals surface area contributed by atoms with Crippen LogP contribution in [0.15, 0.2) is 61.0 Å². The summed E-state index contributed by atoms with van der Waals surface area (Å²) in [5, 5.41) is 5.49. The van der Waals surface area contributed by atoms with Crippen LogP contribution in [-0.4, -0.2) is 124 Å². The van der Waals surface area contributed by atoms with Crippen LogP contribution in [0.1, 0.15) is 107 Å². The van der Waals surface area contributed by atoms with Crippen molar-refractivity contribution in [1.82, 2.24) is 45.3 Å². The number of H-pyrrole nitrogens is 2. The predicted octanol–water partition coefficient (Wildman–Crippen LogP) is 6.01. The molecule has 5 heterocycles. The lowest BCUT2D eigenvalue weighted by molar-refractivity contribution is -0.136. The van der Waals surface area contributed by atoms with E-state index >= 15 is 0 Å². The molecule has 63 heavy (non-hydrogen) atoms. The Morgan fingerprint density at radius 2 is 1.33 bits per heavy atom. The van der Waals surface area contributed by atoms with Gasteiger partial charge in [0.1, 0.15) is 23.7 Å². The Morgan fingerprint density at radius 1 is 0.762 bits per heavy atom. The van der Waals surface area contributed by atoms with Crippen LogP contribution in [0.25, 0.3) is 5.57 Å². The number of ether oxygens (including phenoxy) is 3. The molecule has 3 aromatic rings. The van der Waals surface area contributed by atoms with Gasteiger partial charge >= 0.3 is 18.3 Å². The van der Waals surface area contributed by atoms with Crippen LogP contribution in [-0.2, 0) is 29.2 Å². The Morgan fingerprint density at radius 3 is 1.86 bits per heavy atom. The van der Waals surface area contributed by atoms with E-state index < -0.39 is 35.7 Å². The second-order valence-corrected chi connectivity index (χ2v) is 17.9. The highest BCUT2D eigenvalue weighted by Gasteiger charge is 2.51. The average molecular weight is 868 g/mol. The Bertz CT molecular complexity index is 2210. The first kappa shape index (κ1) is 44.9. The van der Waals surface area contributed by atoms with Gasteiger partial charge in [-0.1, -0.05) is 76.3 Å². The number of alkyl carbamates (subject to hydrolysis) is 2. The number of likely N-dealkylation sites (tertiary alicyclic amines) is 3. The first-order chi connectivity index (χ1) is 30.2. The summed E-state index contributed by atoms with van der Waals surface area (Å²) in [6.45, 7) is 9.49. The van der Waals surface area contributed by atoms with E-state index in [-0.39, 0.29) is 41.2 Å². The Hall–Kier alpha value is -6.13. The van der Waals surface area contributed by atoms with Crippen molar-refractivity contribution in [1.29, 1.82) is 0 Å². The molecule has 0 radical (unpaired) electrons. The van der Waals surface area contributed by atoms with Crippen LogP contribution in [0.3, 0.4) is 0 Å². The van der Waals surface area contributed by atoms with Gasteiger partial charge in [0.05, 0.1) is 50.2 Å². The third kappa shape index (κ3) is 9.05. The molecule has 1 aromatic carbocycles. The summed E-state index contributed by atoms with van der Waals surface area (Å²) >= 11 is 0. The largest absolute Gasteiger partial charge is 0.453 e. The van der Waals surface area contributed by atoms with Gasteiger partial charge in [-0.15, -0.1) is 0 Å². The fourth-order valence-corrected chi connectivity index (χ4v) is 9.75. The molecule has 3 aliphatic heterocycles. The third-order valence-electron chi connectivity index (χ3n) is 13.4. The molecule has 4 aliphatic rings. The fourth-order valence-electron chi connectivity index (χ4n) is 9.75. The molecule has 0 bridgehead atoms. The summed E-state index contributed by atoms with van der Waals surface area (Å²) in [5.41, 5.74) is 2.65. The van der Waals surface area contributed by atoms with Crippen molar-refractivity contribution in [3.05, 3.63) is 89.6 Å². The quantitative estimate of drug-likeness (QED) is 0.165. The van der Waals surface area contributed by atoms with Crippen LogP contribution in [0.5, 0.6) is 0 Å². The molecule has 338 valence electrons. The van der Waals surface area contributed by atoms with Gasteiger partial charge in [0, 0.05) is 38.6 Å². The number of piperidine rings is 1. The number of aromatic amines is 2. The van der Waals surface area contributed by atoms with E-state index in [1.807, 2.05) is 63.2 Å². The number of nitrogens with one attached hydrogen (secondary N) is 4. The number of hydrogen-bond donors (Lipinski definition) is 4. The van der Waals surface area contributed by atoms with Gasteiger partial charge in [0.2, 0.25) is 11.8 Å². The highest BCUT2D eigenvalue weighted by atomic mass is 16.5. The van der Waals surface area contributed by atoms with Crippen LogP contribution in [0.4, 0.5) is 14.4 Å². The summed E-state index contributed by atoms with van der Waals surface area (Å²) in [6, 6.07) is 7.77. The number of rotatable bonds is 11. The molecule has 4 N–H and O–H groups in total. The molecule has 5 amide bonds. The molecule has 1 spiro atoms. The highest BCUT2D eigenvalue weighted by molar-refractivity contribution is 5.87. The van der Waals surface area contributed by atoms with Crippen molar-refractivity contribution in [3.63, 3.8) is 0 Å². The van der Waals surface area contributed by atoms with Gasteiger partial charge in [0.15, 0.2) is 0 Å². The molecule has 17 nitrogen and oxygen atoms in total. The third-order valence-corrected chi connectivity index (χ3v) is 13.4. The summed E-state index contributed by atoms with van der Waals surface area (Å²) in [5.74, 6) is 0.431. The summed E-state index contributed by atoms with van der Waals surface area (Å²) in [6.07, 6.45) is 12.4. The van der Waals surface area contributed by atoms with E-state index in [0.717, 1.165) is 28.9 Å². The lowest BCUT2D eigenvalue weighted by Crippen LogP contribution is -2.52. The molecule has 1 aliphatic carbocycles. The van der Waals surface area contributed by atoms with Gasteiger partial charge in [-0.25, -0.2) is 24.4 Å². The van der Waals surface area contributed by atoms with E-state index in [0.29, 0.717) is 69.9 Å². The normalized spacial score (nSPS) is 22.8. The van der Waals surface area contributed by atoms with Gasteiger partial charge < -0.3 is 49.5 Å². The topological polar surface area (TPSA) is 204 Å². The molecule has 5 atom stereocenters. The SMILES string of the molecule is COC(=O)N[C@H](C(=O)N1CC2(CCN(C(=O)OC)CC2)CC1c1ncc(C2(c3cnc([C@@H]4CCCN4C(=O)[C@@H](NC(=O)OC)C(C)C)[nH]3)C=CC(c3ccccc3)=CC2)[nH]1)C(C)C. The number of methoxy groups -OCH3 is 3. The van der Waals surface area contributed by atoms with Crippen LogP contribution in [0, 0.1) is 17.3 Å². The van der Waals surface area contributed by atoms with E-state index in [4.69, 9.17) is 24.2 Å². The van der Waals surface area contributed by atoms with Crippen LogP contribution in [0.2, 0.25) is 0 Å². The van der Waals surface area contributed by atoms with Crippen molar-refractivity contribution in [3.8, 4) is 0 Å². The number of aromatic nitrogens is 4. The van der Waals surface area contributed by atoms with Gasteiger partial charge in [-0.2, -0.15) is 0 Å². The fraction of sp³-hybridized carbons (Fsp3) is 0.543. The second kappa shape index (κ2) is 18.7. The minimum Gasteiger partial charge on any atom is -0.453 e. The van der Waals surface area contributed by atoms with Crippen molar-refractivity contribution >= 4 is 35.7 Å². The van der Waals surface area contributed by atoms with E-state index in [2.05, 4.69) is 51.0 Å². The standard InChI is InChI=1S/C46H61N9O8/c1-28(2)36(51-42(58)61-5)40(56)54-21-11-14-32(54)38-47-25-34(49-38)46(17-15-31(16-18-46)30-12-9-8-10-13-30)35-26-48-39(50-35)33-24-45(19-22-53(23-20-45)44(60)63-7)27-55(33)41(57)37(29(3)4)52-43(59)62-6/h8-10,12-13,15-17,25-26,28-29,32-33,36-37H,11,14,18-24,27H2,1-7H3,(H,47,49)(H,48,50)(H,51,58)(H,52,59)/t32-,33?,36-,37-,46?/m0/s1. The number of hydrogen-bond acceptors (Lipinski definition) is 10. The molecule has 3 saturated heterocycles. The lowest BCUT2D eigenvalue weighted by atomic mass is 9.74. The number of benzene rings is 1. The monoisotopic (exact) mass is 867 g/mol. The molecule has 7 rings (SSSR count). The van der Waals surface area contributed by atoms with Crippen molar-refractivity contribution in [2.24, 2.45) is 17.3 Å². The lowest BCUT2D eigenvalue weighted by Gasteiger charge is -2.38. The predicted molar refractivity (Wildman–Crippen MR) is 233 cm³/mol. The van der Waals surface area contributed by atoms with Crippen molar-refractivity contribution in [2.45, 2.75) is 95.8 Å². The first-order valence-corrected chi connectivity index (χ1v) is 21.9. The summed E-state index contributed by atoms with van der Waals surface area (Å²) in [7, 11) is 3.93. The van der Waals surface area contributed by atoms with Crippen molar-refractivity contribution < 1.29 is 38.2 Å². The minimum atomic E-state index is -0.841. The maximum atomic E-state index is 14.6. The number of allylic oxidation sites excluding steroid dienone is 4. The zero-order chi connectivity index (χ0) is 45.1. The highest BCUT2D eigenvalue weighted by Crippen LogP contribution is 2.50. The molecule has 3 fully saturated rings. The van der Waals surface area contributed by atoms with E-state index in [9.17, 15) is 24.0 Å². The van der Waals surface area contributed by atoms with Gasteiger partial charge in [-0.3, -0.25) is 9.59 Å². The summed E-state index contributed by atoms with van der Waals surface area (Å²) < 4.78 is 14.8. The Kier molecular flexibility index (Phi) is 13.3. The van der Waals surface area contributed by atoms with Gasteiger partial charge in [0.25, 0.3) is 0 Å². The number of amides is 5. The molecule has 2 aromatic heterocycles. The number of carbonyl (C=O) groups excluding carboxylic acids is 5. The number of nitrogens with zero attached hydrogens (tertiary/aromatic N) is 5. The maximum Gasteiger partial charge on any atom is 0.409 e. The zero-order valence-electron chi connectivity index (χ0n) is 37.3. The summed E-state index contributed by atoms with van der Waals surface area (Å²) in [4.78, 5) is 88.4. The minimum absolute atomic E-state index is 0.171. The van der Waals surface area contributed by atoms with Crippen molar-refractivity contribution in [2.75, 3.05) is 47.5 Å². The molecular formula is C46H61N9O8. The smallest absolute Gasteiger partial charge is 0.409 e. The van der Waals surface area contributed by atoms with Crippen LogP contribution >= 0.6 is 0 Å². The molecule has 17 heteroatoms. The average Bonchev–Trinajstić information content (AvgIpc) is 4.14. The van der Waals surface area contributed by atoms with Crippen LogP contribution < -0.4 is 10.6 Å².